The molecule has 0 bridgehead atoms. The number of rotatable bonds is 8. The van der Waals surface area contributed by atoms with E-state index in [0.717, 1.165) is 12.0 Å². The quantitative estimate of drug-likeness (QED) is 0.304. The Hall–Kier alpha value is -4.13. The molecule has 0 aliphatic carbocycles. The largest absolute Gasteiger partial charge is 0.507 e. The number of aliphatic hydroxyl groups is 1. The highest BCUT2D eigenvalue weighted by Gasteiger charge is 2.46. The predicted molar refractivity (Wildman–Crippen MR) is 127 cm³/mol. The van der Waals surface area contributed by atoms with Crippen LogP contribution in [0.2, 0.25) is 0 Å². The van der Waals surface area contributed by atoms with Crippen molar-refractivity contribution < 1.29 is 24.2 Å². The summed E-state index contributed by atoms with van der Waals surface area (Å²) >= 11 is 0. The smallest absolute Gasteiger partial charge is 0.295 e. The maximum Gasteiger partial charge on any atom is 0.295 e. The Balaban J connectivity index is 1.78. The fraction of sp³-hybridized carbons (Fsp3) is 0.222. The Morgan fingerprint density at radius 3 is 2.41 bits per heavy atom. The average molecular weight is 459 g/mol. The van der Waals surface area contributed by atoms with Crippen LogP contribution in [0.1, 0.15) is 36.1 Å². The van der Waals surface area contributed by atoms with E-state index in [1.54, 1.807) is 62.0 Å². The van der Waals surface area contributed by atoms with Gasteiger partial charge in [-0.25, -0.2) is 0 Å². The summed E-state index contributed by atoms with van der Waals surface area (Å²) in [7, 11) is 1.56. The van der Waals surface area contributed by atoms with E-state index < -0.39 is 17.7 Å². The zero-order valence-electron chi connectivity index (χ0n) is 19.1. The number of para-hydroxylation sites is 1. The minimum atomic E-state index is -0.774. The van der Waals surface area contributed by atoms with E-state index in [2.05, 4.69) is 4.98 Å². The molecular formula is C27H26N2O5. The SMILES string of the molecule is CCCOc1ccc(/C(O)=C2\C(=O)C(=O)N(Cc3ccccc3OC)C2c2ccncc2)cc1. The number of hydrogen-bond donors (Lipinski definition) is 1. The van der Waals surface area contributed by atoms with Crippen molar-refractivity contribution in [3.8, 4) is 11.5 Å². The number of likely N-dealkylation sites (tertiary alicyclic amines) is 1. The number of aromatic nitrogens is 1. The van der Waals surface area contributed by atoms with Gasteiger partial charge in [-0.2, -0.15) is 0 Å². The summed E-state index contributed by atoms with van der Waals surface area (Å²) in [5, 5.41) is 11.2. The number of methoxy groups -OCH3 is 1. The first-order valence-electron chi connectivity index (χ1n) is 11.1. The summed E-state index contributed by atoms with van der Waals surface area (Å²) in [6, 6.07) is 16.9. The molecule has 4 rings (SSSR count). The van der Waals surface area contributed by atoms with Crippen molar-refractivity contribution >= 4 is 17.4 Å². The highest BCUT2D eigenvalue weighted by atomic mass is 16.5. The zero-order chi connectivity index (χ0) is 24.1. The van der Waals surface area contributed by atoms with Crippen LogP contribution in [0.25, 0.3) is 5.76 Å². The van der Waals surface area contributed by atoms with Crippen molar-refractivity contribution in [2.75, 3.05) is 13.7 Å². The maximum atomic E-state index is 13.2. The molecule has 1 fully saturated rings. The maximum absolute atomic E-state index is 13.2. The Labute approximate surface area is 198 Å². The number of amides is 1. The highest BCUT2D eigenvalue weighted by molar-refractivity contribution is 6.46. The van der Waals surface area contributed by atoms with Crippen LogP contribution in [0.5, 0.6) is 11.5 Å². The minimum Gasteiger partial charge on any atom is -0.507 e. The number of carbonyl (C=O) groups is 2. The van der Waals surface area contributed by atoms with Crippen LogP contribution in [-0.2, 0) is 16.1 Å². The summed E-state index contributed by atoms with van der Waals surface area (Å²) < 4.78 is 11.0. The van der Waals surface area contributed by atoms with Crippen molar-refractivity contribution in [3.05, 3.63) is 95.3 Å². The summed E-state index contributed by atoms with van der Waals surface area (Å²) in [6.45, 7) is 2.74. The highest BCUT2D eigenvalue weighted by Crippen LogP contribution is 2.40. The van der Waals surface area contributed by atoms with Gasteiger partial charge in [0.25, 0.3) is 11.7 Å². The second kappa shape index (κ2) is 10.2. The van der Waals surface area contributed by atoms with Gasteiger partial charge in [-0.15, -0.1) is 0 Å². The van der Waals surface area contributed by atoms with Crippen molar-refractivity contribution in [1.29, 1.82) is 0 Å². The number of hydrogen-bond acceptors (Lipinski definition) is 6. The van der Waals surface area contributed by atoms with Crippen LogP contribution in [0.3, 0.4) is 0 Å². The van der Waals surface area contributed by atoms with Crippen LogP contribution in [0, 0.1) is 0 Å². The van der Waals surface area contributed by atoms with E-state index in [0.29, 0.717) is 29.2 Å². The molecule has 1 aliphatic heterocycles. The van der Waals surface area contributed by atoms with Gasteiger partial charge >= 0.3 is 0 Å². The molecule has 174 valence electrons. The van der Waals surface area contributed by atoms with E-state index in [-0.39, 0.29) is 17.9 Å². The van der Waals surface area contributed by atoms with Gasteiger partial charge in [0.15, 0.2) is 0 Å². The van der Waals surface area contributed by atoms with Crippen LogP contribution in [-0.4, -0.2) is 40.4 Å². The molecule has 0 spiro atoms. The summed E-state index contributed by atoms with van der Waals surface area (Å²) in [4.78, 5) is 31.9. The van der Waals surface area contributed by atoms with Gasteiger partial charge in [0.1, 0.15) is 17.3 Å². The number of nitrogens with zero attached hydrogens (tertiary/aromatic N) is 2. The molecule has 3 aromatic rings. The van der Waals surface area contributed by atoms with Crippen molar-refractivity contribution in [1.82, 2.24) is 9.88 Å². The third kappa shape index (κ3) is 4.50. The Morgan fingerprint density at radius 2 is 1.74 bits per heavy atom. The molecular weight excluding hydrogens is 432 g/mol. The third-order valence-corrected chi connectivity index (χ3v) is 5.70. The third-order valence-electron chi connectivity index (χ3n) is 5.70. The fourth-order valence-electron chi connectivity index (χ4n) is 4.04. The molecule has 2 heterocycles. The average Bonchev–Trinajstić information content (AvgIpc) is 3.13. The lowest BCUT2D eigenvalue weighted by molar-refractivity contribution is -0.140. The van der Waals surface area contributed by atoms with E-state index in [1.807, 2.05) is 25.1 Å². The summed E-state index contributed by atoms with van der Waals surface area (Å²) in [5.74, 6) is -0.372. The molecule has 1 aliphatic rings. The number of benzene rings is 2. The van der Waals surface area contributed by atoms with Crippen molar-refractivity contribution in [2.45, 2.75) is 25.9 Å². The normalized spacial score (nSPS) is 17.1. The van der Waals surface area contributed by atoms with E-state index in [9.17, 15) is 14.7 Å². The Morgan fingerprint density at radius 1 is 1.03 bits per heavy atom. The number of pyridine rings is 1. The molecule has 34 heavy (non-hydrogen) atoms. The minimum absolute atomic E-state index is 0.0355. The first kappa shape index (κ1) is 23.0. The molecule has 1 aromatic heterocycles. The van der Waals surface area contributed by atoms with E-state index in [4.69, 9.17) is 9.47 Å². The predicted octanol–water partition coefficient (Wildman–Crippen LogP) is 4.50. The fourth-order valence-corrected chi connectivity index (χ4v) is 4.04. The summed E-state index contributed by atoms with van der Waals surface area (Å²) in [5.41, 5.74) is 1.89. The second-order valence-corrected chi connectivity index (χ2v) is 7.89. The van der Waals surface area contributed by atoms with E-state index in [1.165, 1.54) is 4.90 Å². The number of aliphatic hydroxyl groups excluding tert-OH is 1. The molecule has 1 N–H and O–H groups in total. The molecule has 1 atom stereocenters. The number of ether oxygens (including phenoxy) is 2. The number of carbonyl (C=O) groups excluding carboxylic acids is 2. The lowest BCUT2D eigenvalue weighted by Crippen LogP contribution is -2.29. The van der Waals surface area contributed by atoms with Crippen LogP contribution in [0.15, 0.2) is 78.6 Å². The molecule has 1 saturated heterocycles. The van der Waals surface area contributed by atoms with Crippen molar-refractivity contribution in [3.63, 3.8) is 0 Å². The van der Waals surface area contributed by atoms with Gasteiger partial charge in [-0.05, 0) is 54.4 Å². The molecule has 2 aromatic carbocycles. The van der Waals surface area contributed by atoms with Crippen LogP contribution < -0.4 is 9.47 Å². The lowest BCUT2D eigenvalue weighted by atomic mass is 9.95. The molecule has 0 saturated carbocycles. The summed E-state index contributed by atoms with van der Waals surface area (Å²) in [6.07, 6.45) is 4.07. The molecule has 1 unspecified atom stereocenters. The monoisotopic (exact) mass is 458 g/mol. The number of Topliss-reactive ketones (excluding diaryl/α,β-unsaturated/α-hetero) is 1. The van der Waals surface area contributed by atoms with Gasteiger partial charge in [-0.1, -0.05) is 25.1 Å². The Bertz CT molecular complexity index is 1210. The first-order valence-corrected chi connectivity index (χ1v) is 11.1. The molecule has 7 nitrogen and oxygen atoms in total. The van der Waals surface area contributed by atoms with Crippen LogP contribution in [0.4, 0.5) is 0 Å². The van der Waals surface area contributed by atoms with Gasteiger partial charge in [0.05, 0.1) is 31.9 Å². The lowest BCUT2D eigenvalue weighted by Gasteiger charge is -2.26. The molecule has 1 amide bonds. The second-order valence-electron chi connectivity index (χ2n) is 7.89. The van der Waals surface area contributed by atoms with Gasteiger partial charge in [0, 0.05) is 23.5 Å². The first-order chi connectivity index (χ1) is 16.5. The zero-order valence-corrected chi connectivity index (χ0v) is 19.1. The van der Waals surface area contributed by atoms with Crippen molar-refractivity contribution in [2.24, 2.45) is 0 Å². The van der Waals surface area contributed by atoms with E-state index >= 15 is 0 Å². The van der Waals surface area contributed by atoms with Gasteiger partial charge < -0.3 is 19.5 Å². The van der Waals surface area contributed by atoms with Gasteiger partial charge in [0.2, 0.25) is 0 Å². The number of ketones is 1. The van der Waals surface area contributed by atoms with Crippen LogP contribution >= 0.6 is 0 Å². The molecule has 0 radical (unpaired) electrons. The topological polar surface area (TPSA) is 89.0 Å². The standard InChI is InChI=1S/C27H26N2O5/c1-3-16-34-21-10-8-19(9-11-21)25(30)23-24(18-12-14-28-15-13-18)29(27(32)26(23)31)17-20-6-4-5-7-22(20)33-2/h4-15,24,30H,3,16-17H2,1-2H3/b25-23+. The van der Waals surface area contributed by atoms with Gasteiger partial charge in [-0.3, -0.25) is 14.6 Å². The Kier molecular flexibility index (Phi) is 6.92. The molecule has 7 heteroatoms.